The van der Waals surface area contributed by atoms with Crippen molar-refractivity contribution in [3.8, 4) is 10.6 Å². The van der Waals surface area contributed by atoms with Crippen LogP contribution in [-0.2, 0) is 17.8 Å². The molecule has 1 aliphatic rings. The molecular formula is C17H19ClN4OS. The molecule has 0 radical (unpaired) electrons. The Morgan fingerprint density at radius 3 is 3.00 bits per heavy atom. The van der Waals surface area contributed by atoms with E-state index in [1.165, 1.54) is 11.3 Å². The highest BCUT2D eigenvalue weighted by molar-refractivity contribution is 7.19. The van der Waals surface area contributed by atoms with E-state index in [0.717, 1.165) is 29.2 Å². The number of rotatable bonds is 5. The molecular weight excluding hydrogens is 344 g/mol. The van der Waals surface area contributed by atoms with E-state index < -0.39 is 0 Å². The Bertz CT molecular complexity index is 805. The molecule has 2 aromatic rings. The molecule has 1 amide bonds. The minimum atomic E-state index is -0.158. The third-order valence-electron chi connectivity index (χ3n) is 3.78. The van der Waals surface area contributed by atoms with Crippen molar-refractivity contribution in [1.29, 1.82) is 0 Å². The summed E-state index contributed by atoms with van der Waals surface area (Å²) in [6, 6.07) is 2.08. The number of hydrogen-bond acceptors (Lipinski definition) is 4. The summed E-state index contributed by atoms with van der Waals surface area (Å²) in [5, 5.41) is 7.95. The van der Waals surface area contributed by atoms with E-state index in [4.69, 9.17) is 11.6 Å². The van der Waals surface area contributed by atoms with E-state index in [2.05, 4.69) is 35.3 Å². The first-order valence-electron chi connectivity index (χ1n) is 7.97. The van der Waals surface area contributed by atoms with Crippen LogP contribution in [0.3, 0.4) is 0 Å². The SMILES string of the molecule is CCc1cc(-c2cnc(NC(=O)C3=CCC(Cl)C=C3)s2)n(CC)n1. The molecule has 0 saturated heterocycles. The Balaban J connectivity index is 1.75. The van der Waals surface area contributed by atoms with Crippen molar-refractivity contribution in [3.05, 3.63) is 41.8 Å². The van der Waals surface area contributed by atoms with Crippen LogP contribution in [0.5, 0.6) is 0 Å². The van der Waals surface area contributed by atoms with Crippen molar-refractivity contribution in [2.75, 3.05) is 5.32 Å². The van der Waals surface area contributed by atoms with Crippen molar-refractivity contribution in [2.24, 2.45) is 0 Å². The summed E-state index contributed by atoms with van der Waals surface area (Å²) >= 11 is 7.43. The van der Waals surface area contributed by atoms with Gasteiger partial charge in [0, 0.05) is 18.3 Å². The van der Waals surface area contributed by atoms with Crippen LogP contribution in [0.1, 0.15) is 26.0 Å². The molecule has 7 heteroatoms. The summed E-state index contributed by atoms with van der Waals surface area (Å²) in [7, 11) is 0. The van der Waals surface area contributed by atoms with Crippen molar-refractivity contribution in [2.45, 2.75) is 38.6 Å². The first-order chi connectivity index (χ1) is 11.6. The van der Waals surface area contributed by atoms with E-state index in [-0.39, 0.29) is 11.3 Å². The lowest BCUT2D eigenvalue weighted by Crippen LogP contribution is -2.15. The number of anilines is 1. The second kappa shape index (κ2) is 7.32. The van der Waals surface area contributed by atoms with Crippen molar-refractivity contribution < 1.29 is 4.79 Å². The van der Waals surface area contributed by atoms with Gasteiger partial charge >= 0.3 is 0 Å². The first kappa shape index (κ1) is 16.9. The summed E-state index contributed by atoms with van der Waals surface area (Å²) in [5.41, 5.74) is 2.71. The number of carbonyl (C=O) groups excluding carboxylic acids is 1. The van der Waals surface area contributed by atoms with Crippen LogP contribution in [-0.4, -0.2) is 26.0 Å². The van der Waals surface area contributed by atoms with Gasteiger partial charge in [-0.1, -0.05) is 36.5 Å². The zero-order valence-corrected chi connectivity index (χ0v) is 15.2. The van der Waals surface area contributed by atoms with Gasteiger partial charge in [0.05, 0.1) is 21.6 Å². The fraction of sp³-hybridized carbons (Fsp3) is 0.353. The van der Waals surface area contributed by atoms with Crippen LogP contribution in [0.4, 0.5) is 5.13 Å². The van der Waals surface area contributed by atoms with E-state index in [9.17, 15) is 4.79 Å². The summed E-state index contributed by atoms with van der Waals surface area (Å²) in [5.74, 6) is -0.158. The number of aryl methyl sites for hydroxylation is 2. The van der Waals surface area contributed by atoms with Gasteiger partial charge in [-0.2, -0.15) is 5.10 Å². The lowest BCUT2D eigenvalue weighted by molar-refractivity contribution is -0.112. The quantitative estimate of drug-likeness (QED) is 0.817. The summed E-state index contributed by atoms with van der Waals surface area (Å²) in [4.78, 5) is 17.6. The van der Waals surface area contributed by atoms with Gasteiger partial charge < -0.3 is 0 Å². The number of aromatic nitrogens is 3. The fourth-order valence-electron chi connectivity index (χ4n) is 2.46. The largest absolute Gasteiger partial charge is 0.298 e. The predicted octanol–water partition coefficient (Wildman–Crippen LogP) is 4.02. The van der Waals surface area contributed by atoms with Gasteiger partial charge in [0.1, 0.15) is 0 Å². The molecule has 1 aliphatic carbocycles. The Kier molecular flexibility index (Phi) is 5.16. The predicted molar refractivity (Wildman–Crippen MR) is 98.5 cm³/mol. The number of allylic oxidation sites excluding steroid dienone is 2. The highest BCUT2D eigenvalue weighted by Crippen LogP contribution is 2.30. The molecule has 0 bridgehead atoms. The Morgan fingerprint density at radius 1 is 1.50 bits per heavy atom. The van der Waals surface area contributed by atoms with Crippen LogP contribution >= 0.6 is 22.9 Å². The van der Waals surface area contributed by atoms with Crippen LogP contribution in [0, 0.1) is 0 Å². The Morgan fingerprint density at radius 2 is 2.33 bits per heavy atom. The van der Waals surface area contributed by atoms with E-state index in [0.29, 0.717) is 17.1 Å². The maximum atomic E-state index is 12.3. The van der Waals surface area contributed by atoms with E-state index in [1.807, 2.05) is 16.8 Å². The molecule has 2 aromatic heterocycles. The van der Waals surface area contributed by atoms with Gasteiger partial charge in [0.2, 0.25) is 0 Å². The first-order valence-corrected chi connectivity index (χ1v) is 9.22. The Hall–Kier alpha value is -1.92. The van der Waals surface area contributed by atoms with Gasteiger partial charge in [0.25, 0.3) is 5.91 Å². The standard InChI is InChI=1S/C17H19ClN4OS/c1-3-13-9-14(22(4-2)21-13)15-10-19-17(24-15)20-16(23)11-5-7-12(18)8-6-11/h5-7,9-10,12H,3-4,8H2,1-2H3,(H,19,20,23). The summed E-state index contributed by atoms with van der Waals surface area (Å²) < 4.78 is 1.96. The smallest absolute Gasteiger partial charge is 0.257 e. The topological polar surface area (TPSA) is 59.8 Å². The monoisotopic (exact) mass is 362 g/mol. The lowest BCUT2D eigenvalue weighted by Gasteiger charge is -2.09. The number of amides is 1. The number of nitrogens with one attached hydrogen (secondary N) is 1. The summed E-state index contributed by atoms with van der Waals surface area (Å²) in [6.45, 7) is 4.94. The van der Waals surface area contributed by atoms with Crippen LogP contribution < -0.4 is 5.32 Å². The highest BCUT2D eigenvalue weighted by Gasteiger charge is 2.15. The molecule has 0 aromatic carbocycles. The minimum Gasteiger partial charge on any atom is -0.298 e. The normalized spacial score (nSPS) is 17.0. The second-order valence-corrected chi connectivity index (χ2v) is 7.04. The zero-order valence-electron chi connectivity index (χ0n) is 13.6. The molecule has 1 unspecified atom stereocenters. The molecule has 0 saturated carbocycles. The molecule has 5 nitrogen and oxygen atoms in total. The number of nitrogens with zero attached hydrogens (tertiary/aromatic N) is 3. The molecule has 0 fully saturated rings. The summed E-state index contributed by atoms with van der Waals surface area (Å²) in [6.07, 6.45) is 8.77. The molecule has 0 spiro atoms. The van der Waals surface area contributed by atoms with Crippen LogP contribution in [0.15, 0.2) is 36.1 Å². The van der Waals surface area contributed by atoms with Gasteiger partial charge in [0.15, 0.2) is 5.13 Å². The minimum absolute atomic E-state index is 0.0323. The molecule has 3 rings (SSSR count). The molecule has 2 heterocycles. The van der Waals surface area contributed by atoms with Crippen molar-refractivity contribution in [1.82, 2.24) is 14.8 Å². The molecule has 1 atom stereocenters. The van der Waals surface area contributed by atoms with Gasteiger partial charge in [-0.3, -0.25) is 14.8 Å². The molecule has 0 aliphatic heterocycles. The number of halogens is 1. The number of alkyl halides is 1. The number of hydrogen-bond donors (Lipinski definition) is 1. The molecule has 24 heavy (non-hydrogen) atoms. The zero-order chi connectivity index (χ0) is 17.1. The lowest BCUT2D eigenvalue weighted by atomic mass is 10.1. The van der Waals surface area contributed by atoms with Crippen molar-refractivity contribution in [3.63, 3.8) is 0 Å². The molecule has 126 valence electrons. The van der Waals surface area contributed by atoms with Gasteiger partial charge in [-0.25, -0.2) is 4.98 Å². The van der Waals surface area contributed by atoms with Crippen LogP contribution in [0.25, 0.3) is 10.6 Å². The van der Waals surface area contributed by atoms with Gasteiger partial charge in [-0.15, -0.1) is 11.6 Å². The van der Waals surface area contributed by atoms with E-state index in [1.54, 1.807) is 12.3 Å². The van der Waals surface area contributed by atoms with Gasteiger partial charge in [-0.05, 0) is 25.8 Å². The Labute approximate surface area is 150 Å². The average Bonchev–Trinajstić information content (AvgIpc) is 3.21. The van der Waals surface area contributed by atoms with Crippen LogP contribution in [0.2, 0.25) is 0 Å². The maximum Gasteiger partial charge on any atom is 0.257 e. The second-order valence-electron chi connectivity index (χ2n) is 5.44. The fourth-order valence-corrected chi connectivity index (χ4v) is 3.46. The molecule has 1 N–H and O–H groups in total. The number of thiazole rings is 1. The third kappa shape index (κ3) is 3.60. The third-order valence-corrected chi connectivity index (χ3v) is 5.04. The maximum absolute atomic E-state index is 12.3. The van der Waals surface area contributed by atoms with E-state index >= 15 is 0 Å². The van der Waals surface area contributed by atoms with Crippen molar-refractivity contribution >= 4 is 34.0 Å². The highest BCUT2D eigenvalue weighted by atomic mass is 35.5. The average molecular weight is 363 g/mol. The number of carbonyl (C=O) groups is 1.